The first-order valence-corrected chi connectivity index (χ1v) is 8.36. The fourth-order valence-corrected chi connectivity index (χ4v) is 2.67. The van der Waals surface area contributed by atoms with Gasteiger partial charge in [0.25, 0.3) is 5.91 Å². The van der Waals surface area contributed by atoms with Gasteiger partial charge in [-0.05, 0) is 49.4 Å². The summed E-state index contributed by atoms with van der Waals surface area (Å²) in [6, 6.07) is 11.3. The van der Waals surface area contributed by atoms with Crippen LogP contribution in [0.2, 0.25) is 0 Å². The van der Waals surface area contributed by atoms with E-state index in [1.165, 1.54) is 12.1 Å². The third kappa shape index (κ3) is 4.28. The van der Waals surface area contributed by atoms with Crippen molar-refractivity contribution in [1.29, 1.82) is 0 Å². The minimum Gasteiger partial charge on any atom is -0.329 e. The van der Waals surface area contributed by atoms with E-state index in [1.807, 2.05) is 13.0 Å². The highest BCUT2D eigenvalue weighted by Gasteiger charge is 2.30. The predicted octanol–water partition coefficient (Wildman–Crippen LogP) is 4.82. The van der Waals surface area contributed by atoms with Crippen LogP contribution in [0.15, 0.2) is 60.9 Å². The largest absolute Gasteiger partial charge is 0.416 e. The number of hydrogen-bond acceptors (Lipinski definition) is 4. The number of pyridine rings is 2. The molecule has 3 rings (SSSR count). The molecule has 2 heterocycles. The normalized spacial score (nSPS) is 11.2. The Labute approximate surface area is 159 Å². The Bertz CT molecular complexity index is 1000. The van der Waals surface area contributed by atoms with Gasteiger partial charge < -0.3 is 10.2 Å². The van der Waals surface area contributed by atoms with Crippen LogP contribution in [0, 0.1) is 6.92 Å². The monoisotopic (exact) mass is 386 g/mol. The molecule has 0 bridgehead atoms. The molecule has 0 aliphatic heterocycles. The second kappa shape index (κ2) is 7.67. The predicted molar refractivity (Wildman–Crippen MR) is 101 cm³/mol. The summed E-state index contributed by atoms with van der Waals surface area (Å²) in [7, 11) is 1.75. The van der Waals surface area contributed by atoms with Crippen LogP contribution >= 0.6 is 0 Å². The van der Waals surface area contributed by atoms with E-state index in [0.29, 0.717) is 5.82 Å². The molecule has 1 amide bonds. The third-order valence-corrected chi connectivity index (χ3v) is 4.06. The molecule has 28 heavy (non-hydrogen) atoms. The van der Waals surface area contributed by atoms with Crippen molar-refractivity contribution in [3.63, 3.8) is 0 Å². The van der Waals surface area contributed by atoms with Crippen molar-refractivity contribution in [2.24, 2.45) is 0 Å². The molecule has 0 saturated carbocycles. The van der Waals surface area contributed by atoms with Crippen molar-refractivity contribution in [2.75, 3.05) is 17.3 Å². The van der Waals surface area contributed by atoms with Gasteiger partial charge in [-0.15, -0.1) is 0 Å². The zero-order valence-corrected chi connectivity index (χ0v) is 15.2. The first-order valence-electron chi connectivity index (χ1n) is 8.36. The Morgan fingerprint density at radius 3 is 2.54 bits per heavy atom. The number of carbonyl (C=O) groups excluding carboxylic acids is 1. The van der Waals surface area contributed by atoms with Gasteiger partial charge in [0.1, 0.15) is 5.82 Å². The molecule has 0 fully saturated rings. The molecular weight excluding hydrogens is 369 g/mol. The summed E-state index contributed by atoms with van der Waals surface area (Å²) in [5.74, 6) is -0.183. The van der Waals surface area contributed by atoms with Crippen LogP contribution in [-0.4, -0.2) is 22.9 Å². The molecular formula is C20H17F3N4O. The average molecular weight is 386 g/mol. The lowest BCUT2D eigenvalue weighted by Gasteiger charge is -2.21. The van der Waals surface area contributed by atoms with Gasteiger partial charge >= 0.3 is 6.18 Å². The Hall–Kier alpha value is -3.42. The van der Waals surface area contributed by atoms with E-state index < -0.39 is 17.6 Å². The lowest BCUT2D eigenvalue weighted by molar-refractivity contribution is -0.137. The van der Waals surface area contributed by atoms with Crippen molar-refractivity contribution < 1.29 is 18.0 Å². The number of hydrogen-bond donors (Lipinski definition) is 1. The molecule has 0 atom stereocenters. The fourth-order valence-electron chi connectivity index (χ4n) is 2.67. The van der Waals surface area contributed by atoms with Crippen LogP contribution < -0.4 is 10.2 Å². The van der Waals surface area contributed by atoms with Crippen LogP contribution in [-0.2, 0) is 6.18 Å². The highest BCUT2D eigenvalue weighted by Crippen LogP contribution is 2.31. The molecule has 0 saturated heterocycles. The van der Waals surface area contributed by atoms with Crippen molar-refractivity contribution in [1.82, 2.24) is 9.97 Å². The number of rotatable bonds is 4. The van der Waals surface area contributed by atoms with Crippen LogP contribution in [0.5, 0.6) is 0 Å². The van der Waals surface area contributed by atoms with E-state index >= 15 is 0 Å². The van der Waals surface area contributed by atoms with Crippen molar-refractivity contribution >= 4 is 23.1 Å². The minimum atomic E-state index is -4.49. The molecule has 1 N–H and O–H groups in total. The zero-order valence-electron chi connectivity index (χ0n) is 15.2. The number of alkyl halides is 3. The SMILES string of the molecule is Cc1cc(N(C)c2ncccc2C(=O)Nc2cccc(C(F)(F)F)c2)ccn1. The van der Waals surface area contributed by atoms with E-state index in [0.717, 1.165) is 23.5 Å². The standard InChI is InChI=1S/C20H17F3N4O/c1-13-11-16(8-10-24-13)27(2)18-17(7-4-9-25-18)19(28)26-15-6-3-5-14(12-15)20(21,22)23/h3-12H,1-2H3,(H,26,28). The summed E-state index contributed by atoms with van der Waals surface area (Å²) in [4.78, 5) is 22.9. The molecule has 0 aliphatic carbocycles. The summed E-state index contributed by atoms with van der Waals surface area (Å²) < 4.78 is 38.7. The smallest absolute Gasteiger partial charge is 0.329 e. The molecule has 0 unspecified atom stereocenters. The lowest BCUT2D eigenvalue weighted by atomic mass is 10.1. The van der Waals surface area contributed by atoms with Gasteiger partial charge in [-0.2, -0.15) is 13.2 Å². The quantitative estimate of drug-likeness (QED) is 0.698. The van der Waals surface area contributed by atoms with Crippen molar-refractivity contribution in [2.45, 2.75) is 13.1 Å². The van der Waals surface area contributed by atoms with Gasteiger partial charge in [0, 0.05) is 36.5 Å². The number of nitrogens with one attached hydrogen (secondary N) is 1. The maximum absolute atomic E-state index is 12.9. The van der Waals surface area contributed by atoms with E-state index in [9.17, 15) is 18.0 Å². The lowest BCUT2D eigenvalue weighted by Crippen LogP contribution is -2.20. The van der Waals surface area contributed by atoms with Gasteiger partial charge in [0.2, 0.25) is 0 Å². The summed E-state index contributed by atoms with van der Waals surface area (Å²) in [6.07, 6.45) is -1.30. The van der Waals surface area contributed by atoms with E-state index in [-0.39, 0.29) is 11.3 Å². The molecule has 5 nitrogen and oxygen atoms in total. The number of amides is 1. The van der Waals surface area contributed by atoms with E-state index in [1.54, 1.807) is 42.5 Å². The van der Waals surface area contributed by atoms with E-state index in [2.05, 4.69) is 15.3 Å². The number of carbonyl (C=O) groups is 1. The summed E-state index contributed by atoms with van der Waals surface area (Å²) in [5, 5.41) is 2.51. The first-order chi connectivity index (χ1) is 13.3. The number of aromatic nitrogens is 2. The second-order valence-electron chi connectivity index (χ2n) is 6.12. The van der Waals surface area contributed by atoms with Crippen LogP contribution in [0.25, 0.3) is 0 Å². The van der Waals surface area contributed by atoms with Crippen molar-refractivity contribution in [3.8, 4) is 0 Å². The number of nitrogens with zero attached hydrogens (tertiary/aromatic N) is 3. The van der Waals surface area contributed by atoms with Crippen LogP contribution in [0.4, 0.5) is 30.4 Å². The van der Waals surface area contributed by atoms with Crippen molar-refractivity contribution in [3.05, 3.63) is 77.7 Å². The number of aryl methyl sites for hydroxylation is 1. The van der Waals surface area contributed by atoms with E-state index in [4.69, 9.17) is 0 Å². The van der Waals surface area contributed by atoms with Gasteiger partial charge in [-0.3, -0.25) is 9.78 Å². The maximum atomic E-state index is 12.9. The Balaban J connectivity index is 1.90. The molecule has 3 aromatic rings. The molecule has 0 radical (unpaired) electrons. The number of benzene rings is 1. The minimum absolute atomic E-state index is 0.0528. The maximum Gasteiger partial charge on any atom is 0.416 e. The Kier molecular flexibility index (Phi) is 5.30. The molecule has 8 heteroatoms. The molecule has 0 spiro atoms. The van der Waals surface area contributed by atoms with Gasteiger partial charge in [0.05, 0.1) is 11.1 Å². The third-order valence-electron chi connectivity index (χ3n) is 4.06. The average Bonchev–Trinajstić information content (AvgIpc) is 2.67. The highest BCUT2D eigenvalue weighted by molar-refractivity contribution is 6.08. The van der Waals surface area contributed by atoms with Gasteiger partial charge in [0.15, 0.2) is 0 Å². The topological polar surface area (TPSA) is 58.1 Å². The Morgan fingerprint density at radius 2 is 1.82 bits per heavy atom. The second-order valence-corrected chi connectivity index (χ2v) is 6.12. The molecule has 0 aliphatic rings. The summed E-state index contributed by atoms with van der Waals surface area (Å²) >= 11 is 0. The summed E-state index contributed by atoms with van der Waals surface area (Å²) in [5.41, 5.74) is 1.03. The van der Waals surface area contributed by atoms with Gasteiger partial charge in [-0.1, -0.05) is 6.07 Å². The van der Waals surface area contributed by atoms with Gasteiger partial charge in [-0.25, -0.2) is 4.98 Å². The molecule has 1 aromatic carbocycles. The number of halogens is 3. The molecule has 144 valence electrons. The first kappa shape index (κ1) is 19.3. The Morgan fingerprint density at radius 1 is 1.04 bits per heavy atom. The summed E-state index contributed by atoms with van der Waals surface area (Å²) in [6.45, 7) is 1.84. The number of anilines is 3. The zero-order chi connectivity index (χ0) is 20.3. The fraction of sp³-hybridized carbons (Fsp3) is 0.150. The van der Waals surface area contributed by atoms with Crippen LogP contribution in [0.3, 0.4) is 0 Å². The van der Waals surface area contributed by atoms with Crippen LogP contribution in [0.1, 0.15) is 21.6 Å². The molecule has 2 aromatic heterocycles. The highest BCUT2D eigenvalue weighted by atomic mass is 19.4.